The molecule has 1 fully saturated rings. The molecule has 8 nitrogen and oxygen atoms in total. The molecule has 0 spiro atoms. The highest BCUT2D eigenvalue weighted by atomic mass is 35.5. The van der Waals surface area contributed by atoms with Crippen molar-refractivity contribution in [1.82, 2.24) is 24.4 Å². The van der Waals surface area contributed by atoms with E-state index >= 15 is 0 Å². The summed E-state index contributed by atoms with van der Waals surface area (Å²) in [5.74, 6) is -1.01. The Labute approximate surface area is 238 Å². The van der Waals surface area contributed by atoms with E-state index in [0.29, 0.717) is 61.8 Å². The van der Waals surface area contributed by atoms with Crippen molar-refractivity contribution in [2.24, 2.45) is 5.92 Å². The third-order valence-corrected chi connectivity index (χ3v) is 7.72. The molecule has 12 heteroatoms. The lowest BCUT2D eigenvalue weighted by Crippen LogP contribution is -2.39. The summed E-state index contributed by atoms with van der Waals surface area (Å²) in [6, 6.07) is 8.80. The third kappa shape index (κ3) is 6.31. The van der Waals surface area contributed by atoms with E-state index in [1.54, 1.807) is 22.9 Å². The first-order chi connectivity index (χ1) is 19.7. The van der Waals surface area contributed by atoms with E-state index in [1.807, 2.05) is 6.07 Å². The second-order valence-corrected chi connectivity index (χ2v) is 10.7. The van der Waals surface area contributed by atoms with E-state index in [-0.39, 0.29) is 34.8 Å². The fraction of sp³-hybridized carbons (Fsp3) is 0.379. The third-order valence-electron chi connectivity index (χ3n) is 7.51. The second kappa shape index (κ2) is 12.4. The molecule has 5 rings (SSSR count). The Kier molecular flexibility index (Phi) is 8.74. The van der Waals surface area contributed by atoms with Crippen molar-refractivity contribution in [3.8, 4) is 5.69 Å². The van der Waals surface area contributed by atoms with E-state index in [1.165, 1.54) is 22.8 Å². The van der Waals surface area contributed by atoms with Crippen LogP contribution in [0.15, 0.2) is 53.6 Å². The monoisotopic (exact) mass is 587 g/mol. The molecule has 216 valence electrons. The molecule has 1 aliphatic rings. The minimum absolute atomic E-state index is 0.0647. The van der Waals surface area contributed by atoms with Crippen molar-refractivity contribution in [3.05, 3.63) is 87.1 Å². The topological polar surface area (TPSA) is 102 Å². The van der Waals surface area contributed by atoms with E-state index in [4.69, 9.17) is 16.7 Å². The van der Waals surface area contributed by atoms with E-state index in [0.717, 1.165) is 11.9 Å². The van der Waals surface area contributed by atoms with E-state index in [9.17, 15) is 22.8 Å². The number of pyridine rings is 2. The SMILES string of the molecule is O=C(NC1CCC(Cn2c(=O)n(-c3ccc(CCCO)nc3)c3ccc(F)cc32)CC1)c1cc(Cl)cnc1C(F)F. The molecule has 4 aromatic rings. The van der Waals surface area contributed by atoms with Gasteiger partial charge in [0.25, 0.3) is 12.3 Å². The fourth-order valence-electron chi connectivity index (χ4n) is 5.43. The molecule has 0 aliphatic heterocycles. The number of halogens is 4. The molecule has 41 heavy (non-hydrogen) atoms. The van der Waals surface area contributed by atoms with Gasteiger partial charge >= 0.3 is 5.69 Å². The van der Waals surface area contributed by atoms with Crippen LogP contribution in [0.25, 0.3) is 16.7 Å². The largest absolute Gasteiger partial charge is 0.396 e. The van der Waals surface area contributed by atoms with Crippen LogP contribution in [0.3, 0.4) is 0 Å². The molecule has 0 saturated heterocycles. The van der Waals surface area contributed by atoms with Crippen molar-refractivity contribution in [1.29, 1.82) is 0 Å². The predicted octanol–water partition coefficient (Wildman–Crippen LogP) is 5.23. The average Bonchev–Trinajstić information content (AvgIpc) is 3.23. The molecule has 1 aliphatic carbocycles. The van der Waals surface area contributed by atoms with Crippen LogP contribution < -0.4 is 11.0 Å². The van der Waals surface area contributed by atoms with Gasteiger partial charge in [-0.2, -0.15) is 0 Å². The van der Waals surface area contributed by atoms with Gasteiger partial charge in [-0.05, 0) is 80.8 Å². The van der Waals surface area contributed by atoms with Gasteiger partial charge in [0.1, 0.15) is 11.5 Å². The van der Waals surface area contributed by atoms with Crippen molar-refractivity contribution < 1.29 is 23.1 Å². The zero-order valence-corrected chi connectivity index (χ0v) is 22.8. The molecule has 1 aromatic carbocycles. The van der Waals surface area contributed by atoms with Crippen molar-refractivity contribution in [3.63, 3.8) is 0 Å². The lowest BCUT2D eigenvalue weighted by molar-refractivity contribution is 0.0904. The van der Waals surface area contributed by atoms with Gasteiger partial charge in [-0.1, -0.05) is 11.6 Å². The zero-order valence-electron chi connectivity index (χ0n) is 22.1. The lowest BCUT2D eigenvalue weighted by Gasteiger charge is -2.29. The number of hydrogen-bond donors (Lipinski definition) is 2. The average molecular weight is 588 g/mol. The summed E-state index contributed by atoms with van der Waals surface area (Å²) in [6.45, 7) is 0.428. The molecular formula is C29H29ClF3N5O3. The van der Waals surface area contributed by atoms with Crippen LogP contribution >= 0.6 is 11.6 Å². The first-order valence-corrected chi connectivity index (χ1v) is 13.8. The minimum Gasteiger partial charge on any atom is -0.396 e. The van der Waals surface area contributed by atoms with Gasteiger partial charge in [0.05, 0.1) is 33.5 Å². The number of imidazole rings is 1. The van der Waals surface area contributed by atoms with Gasteiger partial charge in [0.15, 0.2) is 0 Å². The summed E-state index contributed by atoms with van der Waals surface area (Å²) < 4.78 is 44.1. The maximum absolute atomic E-state index is 14.3. The minimum atomic E-state index is -2.91. The van der Waals surface area contributed by atoms with Gasteiger partial charge in [-0.25, -0.2) is 18.0 Å². The standard InChI is InChI=1S/C29H29ClF3N5O3/c30-18-12-23(26(27(32)33)35-14-18)28(40)36-21-6-3-17(4-7-21)16-37-25-13-19(31)5-10-24(25)38(29(37)41)22-9-8-20(34-15-22)2-1-11-39/h5,8-10,12-15,17,21,27,39H,1-4,6-7,11,16H2,(H,36,40). The Morgan fingerprint density at radius 1 is 1.07 bits per heavy atom. The molecule has 2 N–H and O–H groups in total. The van der Waals surface area contributed by atoms with Gasteiger partial charge in [-0.15, -0.1) is 0 Å². The number of benzene rings is 1. The zero-order chi connectivity index (χ0) is 29.1. The van der Waals surface area contributed by atoms with Crippen LogP contribution in [0.4, 0.5) is 13.2 Å². The number of amides is 1. The number of carbonyl (C=O) groups excluding carboxylic acids is 1. The molecule has 1 amide bonds. The first-order valence-electron chi connectivity index (χ1n) is 13.5. The normalized spacial score (nSPS) is 17.3. The number of aliphatic hydroxyl groups is 1. The van der Waals surface area contributed by atoms with Crippen LogP contribution in [0.1, 0.15) is 60.3 Å². The molecule has 1 saturated carbocycles. The molecule has 3 heterocycles. The number of carbonyl (C=O) groups is 1. The lowest BCUT2D eigenvalue weighted by atomic mass is 9.85. The summed E-state index contributed by atoms with van der Waals surface area (Å²) in [5, 5.41) is 12.0. The number of nitrogens with zero attached hydrogens (tertiary/aromatic N) is 4. The Hall–Kier alpha value is -3.70. The molecule has 0 radical (unpaired) electrons. The molecule has 0 atom stereocenters. The van der Waals surface area contributed by atoms with Gasteiger partial charge < -0.3 is 10.4 Å². The molecule has 0 bridgehead atoms. The molecule has 0 unspecified atom stereocenters. The predicted molar refractivity (Wildman–Crippen MR) is 148 cm³/mol. The highest BCUT2D eigenvalue weighted by Gasteiger charge is 2.27. The Morgan fingerprint density at radius 2 is 1.85 bits per heavy atom. The summed E-state index contributed by atoms with van der Waals surface area (Å²) in [7, 11) is 0. The summed E-state index contributed by atoms with van der Waals surface area (Å²) in [4.78, 5) is 34.4. The highest BCUT2D eigenvalue weighted by Crippen LogP contribution is 2.29. The number of aryl methyl sites for hydroxylation is 1. The Bertz CT molecular complexity index is 1600. The van der Waals surface area contributed by atoms with Crippen LogP contribution in [0.5, 0.6) is 0 Å². The molecule has 3 aromatic heterocycles. The van der Waals surface area contributed by atoms with Gasteiger partial charge in [-0.3, -0.25) is 23.9 Å². The quantitative estimate of drug-likeness (QED) is 0.279. The number of nitrogens with one attached hydrogen (secondary N) is 1. The van der Waals surface area contributed by atoms with Crippen molar-refractivity contribution in [2.75, 3.05) is 6.61 Å². The van der Waals surface area contributed by atoms with Crippen molar-refractivity contribution >= 4 is 28.5 Å². The van der Waals surface area contributed by atoms with Gasteiger partial charge in [0.2, 0.25) is 0 Å². The van der Waals surface area contributed by atoms with E-state index in [2.05, 4.69) is 15.3 Å². The van der Waals surface area contributed by atoms with Crippen molar-refractivity contribution in [2.45, 2.75) is 57.5 Å². The molecular weight excluding hydrogens is 559 g/mol. The summed E-state index contributed by atoms with van der Waals surface area (Å²) in [6.07, 6.45) is 3.52. The number of alkyl halides is 2. The Morgan fingerprint density at radius 3 is 2.54 bits per heavy atom. The number of hydrogen-bond acceptors (Lipinski definition) is 5. The number of aromatic nitrogens is 4. The number of rotatable bonds is 9. The summed E-state index contributed by atoms with van der Waals surface area (Å²) in [5.41, 5.74) is 1.23. The van der Waals surface area contributed by atoms with Crippen LogP contribution in [-0.4, -0.2) is 42.8 Å². The number of aliphatic hydroxyl groups excluding tert-OH is 1. The second-order valence-electron chi connectivity index (χ2n) is 10.3. The summed E-state index contributed by atoms with van der Waals surface area (Å²) >= 11 is 5.88. The fourth-order valence-corrected chi connectivity index (χ4v) is 5.59. The maximum atomic E-state index is 14.3. The van der Waals surface area contributed by atoms with E-state index < -0.39 is 23.8 Å². The first kappa shape index (κ1) is 28.8. The number of fused-ring (bicyclic) bond motifs is 1. The highest BCUT2D eigenvalue weighted by molar-refractivity contribution is 6.30. The van der Waals surface area contributed by atoms with Crippen LogP contribution in [0.2, 0.25) is 5.02 Å². The van der Waals surface area contributed by atoms with Gasteiger partial charge in [0, 0.05) is 31.1 Å². The smallest absolute Gasteiger partial charge is 0.333 e. The van der Waals surface area contributed by atoms with Crippen LogP contribution in [-0.2, 0) is 13.0 Å². The van der Waals surface area contributed by atoms with Crippen LogP contribution in [0, 0.1) is 11.7 Å². The Balaban J connectivity index is 1.31. The maximum Gasteiger partial charge on any atom is 0.333 e.